The van der Waals surface area contributed by atoms with E-state index in [-0.39, 0.29) is 6.42 Å². The highest BCUT2D eigenvalue weighted by Gasteiger charge is 2.16. The molecule has 0 aliphatic rings. The van der Waals surface area contributed by atoms with Gasteiger partial charge in [0.1, 0.15) is 5.82 Å². The predicted molar refractivity (Wildman–Crippen MR) is 75.3 cm³/mol. The third-order valence-corrected chi connectivity index (χ3v) is 3.39. The highest BCUT2D eigenvalue weighted by molar-refractivity contribution is 5.71. The summed E-state index contributed by atoms with van der Waals surface area (Å²) in [7, 11) is 0. The Kier molecular flexibility index (Phi) is 3.88. The van der Waals surface area contributed by atoms with Gasteiger partial charge in [-0.2, -0.15) is 4.98 Å². The fourth-order valence-electron chi connectivity index (χ4n) is 2.36. The minimum atomic E-state index is -0.996. The van der Waals surface area contributed by atoms with Crippen molar-refractivity contribution in [3.8, 4) is 5.69 Å². The number of carboxylic acid groups (broad SMARTS) is 1. The number of aryl methyl sites for hydroxylation is 2. The number of hydrogen-bond donors (Lipinski definition) is 1. The highest BCUT2D eigenvalue weighted by Crippen LogP contribution is 2.18. The molecule has 1 N–H and O–H groups in total. The van der Waals surface area contributed by atoms with Crippen LogP contribution in [0.5, 0.6) is 0 Å². The Bertz CT molecular complexity index is 781. The number of aliphatic carboxylic acids is 1. The van der Waals surface area contributed by atoms with Gasteiger partial charge in [-0.25, -0.2) is 9.18 Å². The fourth-order valence-corrected chi connectivity index (χ4v) is 2.36. The van der Waals surface area contributed by atoms with E-state index in [9.17, 15) is 14.0 Å². The first-order valence-electron chi connectivity index (χ1n) is 6.38. The quantitative estimate of drug-likeness (QED) is 0.937. The zero-order valence-corrected chi connectivity index (χ0v) is 12.0. The maximum absolute atomic E-state index is 13.2. The molecular weight excluding hydrogens is 275 g/mol. The summed E-state index contributed by atoms with van der Waals surface area (Å²) in [5.41, 5.74) is 1.96. The van der Waals surface area contributed by atoms with Gasteiger partial charge in [-0.05, 0) is 44.5 Å². The molecule has 0 amide bonds. The van der Waals surface area contributed by atoms with Gasteiger partial charge in [-0.3, -0.25) is 9.36 Å². The zero-order valence-electron chi connectivity index (χ0n) is 12.0. The Hall–Kier alpha value is -2.50. The number of carboxylic acids is 1. The number of rotatable bonds is 3. The summed E-state index contributed by atoms with van der Waals surface area (Å²) in [6, 6.07) is 4.06. The first-order chi connectivity index (χ1) is 9.81. The number of nitrogens with zero attached hydrogens (tertiary/aromatic N) is 2. The molecule has 0 fully saturated rings. The van der Waals surface area contributed by atoms with Gasteiger partial charge in [0, 0.05) is 17.0 Å². The van der Waals surface area contributed by atoms with Gasteiger partial charge in [-0.1, -0.05) is 0 Å². The maximum Gasteiger partial charge on any atom is 0.352 e. The molecule has 2 rings (SSSR count). The Morgan fingerprint density at radius 2 is 2.00 bits per heavy atom. The molecule has 21 heavy (non-hydrogen) atoms. The third-order valence-electron chi connectivity index (χ3n) is 3.39. The smallest absolute Gasteiger partial charge is 0.352 e. The standard InChI is InChI=1S/C15H15FN2O3/c1-8-6-11(16)4-5-13(8)18-10(3)12(7-14(19)20)9(2)17-15(18)21/h4-6H,7H2,1-3H3,(H,19,20). The van der Waals surface area contributed by atoms with E-state index in [0.29, 0.717) is 28.2 Å². The van der Waals surface area contributed by atoms with Crippen LogP contribution in [0.1, 0.15) is 22.5 Å². The summed E-state index contributed by atoms with van der Waals surface area (Å²) in [4.78, 5) is 27.0. The van der Waals surface area contributed by atoms with Crippen LogP contribution in [0.3, 0.4) is 0 Å². The van der Waals surface area contributed by atoms with Gasteiger partial charge in [0.15, 0.2) is 0 Å². The summed E-state index contributed by atoms with van der Waals surface area (Å²) in [6.07, 6.45) is -0.217. The molecule has 5 nitrogen and oxygen atoms in total. The number of hydrogen-bond acceptors (Lipinski definition) is 3. The second kappa shape index (κ2) is 5.47. The molecule has 1 aromatic carbocycles. The van der Waals surface area contributed by atoms with E-state index in [1.807, 2.05) is 0 Å². The lowest BCUT2D eigenvalue weighted by molar-refractivity contribution is -0.136. The van der Waals surface area contributed by atoms with Gasteiger partial charge in [0.25, 0.3) is 0 Å². The molecule has 0 radical (unpaired) electrons. The number of carbonyl (C=O) groups is 1. The maximum atomic E-state index is 13.2. The lowest BCUT2D eigenvalue weighted by Gasteiger charge is -2.16. The minimum absolute atomic E-state index is 0.217. The van der Waals surface area contributed by atoms with Crippen LogP contribution < -0.4 is 5.69 Å². The van der Waals surface area contributed by atoms with Crippen molar-refractivity contribution in [3.05, 3.63) is 57.0 Å². The van der Waals surface area contributed by atoms with Crippen molar-refractivity contribution in [2.24, 2.45) is 0 Å². The van der Waals surface area contributed by atoms with E-state index in [4.69, 9.17) is 5.11 Å². The highest BCUT2D eigenvalue weighted by atomic mass is 19.1. The van der Waals surface area contributed by atoms with Crippen LogP contribution in [-0.4, -0.2) is 20.6 Å². The van der Waals surface area contributed by atoms with Crippen LogP contribution >= 0.6 is 0 Å². The third kappa shape index (κ3) is 2.84. The molecule has 0 bridgehead atoms. The molecular formula is C15H15FN2O3. The molecule has 1 heterocycles. The first-order valence-corrected chi connectivity index (χ1v) is 6.38. The monoisotopic (exact) mass is 290 g/mol. The van der Waals surface area contributed by atoms with Crippen molar-refractivity contribution in [3.63, 3.8) is 0 Å². The van der Waals surface area contributed by atoms with Crippen molar-refractivity contribution in [2.45, 2.75) is 27.2 Å². The minimum Gasteiger partial charge on any atom is -0.481 e. The van der Waals surface area contributed by atoms with Gasteiger partial charge in [0.05, 0.1) is 12.1 Å². The van der Waals surface area contributed by atoms with Crippen LogP contribution in [0.2, 0.25) is 0 Å². The average Bonchev–Trinajstić information content (AvgIpc) is 2.36. The first kappa shape index (κ1) is 14.9. The van der Waals surface area contributed by atoms with E-state index >= 15 is 0 Å². The van der Waals surface area contributed by atoms with E-state index in [2.05, 4.69) is 4.98 Å². The van der Waals surface area contributed by atoms with E-state index < -0.39 is 17.5 Å². The fraction of sp³-hybridized carbons (Fsp3) is 0.267. The molecule has 0 saturated carbocycles. The number of halogens is 1. The van der Waals surface area contributed by atoms with E-state index in [1.165, 1.54) is 22.8 Å². The van der Waals surface area contributed by atoms with Crippen molar-refractivity contribution in [1.82, 2.24) is 9.55 Å². The summed E-state index contributed by atoms with van der Waals surface area (Å²) >= 11 is 0. The van der Waals surface area contributed by atoms with Crippen molar-refractivity contribution < 1.29 is 14.3 Å². The normalized spacial score (nSPS) is 10.7. The molecule has 110 valence electrons. The summed E-state index contributed by atoms with van der Waals surface area (Å²) in [5.74, 6) is -1.39. The Balaban J connectivity index is 2.74. The van der Waals surface area contributed by atoms with Gasteiger partial charge in [0.2, 0.25) is 0 Å². The molecule has 0 spiro atoms. The Morgan fingerprint density at radius 3 is 2.57 bits per heavy atom. The number of benzene rings is 1. The van der Waals surface area contributed by atoms with Crippen molar-refractivity contribution in [2.75, 3.05) is 0 Å². The molecule has 0 aliphatic carbocycles. The summed E-state index contributed by atoms with van der Waals surface area (Å²) in [6.45, 7) is 4.95. The van der Waals surface area contributed by atoms with Crippen LogP contribution in [0.4, 0.5) is 4.39 Å². The molecule has 1 aromatic heterocycles. The van der Waals surface area contributed by atoms with Gasteiger partial charge < -0.3 is 5.11 Å². The molecule has 0 atom stereocenters. The Morgan fingerprint density at radius 1 is 1.33 bits per heavy atom. The van der Waals surface area contributed by atoms with Crippen molar-refractivity contribution >= 4 is 5.97 Å². The summed E-state index contributed by atoms with van der Waals surface area (Å²) in [5, 5.41) is 8.97. The van der Waals surface area contributed by atoms with Crippen LogP contribution in [0, 0.1) is 26.6 Å². The van der Waals surface area contributed by atoms with Gasteiger partial charge >= 0.3 is 11.7 Å². The van der Waals surface area contributed by atoms with Gasteiger partial charge in [-0.15, -0.1) is 0 Å². The lowest BCUT2D eigenvalue weighted by Crippen LogP contribution is -2.27. The topological polar surface area (TPSA) is 72.2 Å². The number of aromatic nitrogens is 2. The summed E-state index contributed by atoms with van der Waals surface area (Å²) < 4.78 is 14.5. The average molecular weight is 290 g/mol. The van der Waals surface area contributed by atoms with Crippen molar-refractivity contribution in [1.29, 1.82) is 0 Å². The molecule has 2 aromatic rings. The van der Waals surface area contributed by atoms with Crippen LogP contribution in [0.15, 0.2) is 23.0 Å². The largest absolute Gasteiger partial charge is 0.481 e. The molecule has 0 unspecified atom stereocenters. The molecule has 0 aliphatic heterocycles. The van der Waals surface area contributed by atoms with Crippen LogP contribution in [0.25, 0.3) is 5.69 Å². The molecule has 6 heteroatoms. The molecule has 0 saturated heterocycles. The van der Waals surface area contributed by atoms with E-state index in [0.717, 1.165) is 0 Å². The lowest BCUT2D eigenvalue weighted by atomic mass is 10.1. The second-order valence-electron chi connectivity index (χ2n) is 4.88. The zero-order chi connectivity index (χ0) is 15.7. The SMILES string of the molecule is Cc1cc(F)ccc1-n1c(C)c(CC(=O)O)c(C)nc1=O. The Labute approximate surface area is 120 Å². The second-order valence-corrected chi connectivity index (χ2v) is 4.88. The predicted octanol–water partition coefficient (Wildman–Crippen LogP) is 1.92. The van der Waals surface area contributed by atoms with E-state index in [1.54, 1.807) is 20.8 Å². The van der Waals surface area contributed by atoms with Crippen LogP contribution in [-0.2, 0) is 11.2 Å².